The van der Waals surface area contributed by atoms with Gasteiger partial charge in [0.05, 0.1) is 19.6 Å². The normalized spacial score (nSPS) is 11.9. The highest BCUT2D eigenvalue weighted by atomic mass is 35.5. The van der Waals surface area contributed by atoms with E-state index in [0.717, 1.165) is 29.0 Å². The molecule has 0 saturated carbocycles. The van der Waals surface area contributed by atoms with Crippen LogP contribution >= 0.6 is 11.6 Å². The molecular weight excluding hydrogens is 262 g/mol. The van der Waals surface area contributed by atoms with Crippen LogP contribution in [-0.2, 0) is 6.42 Å². The topological polar surface area (TPSA) is 31.4 Å². The fraction of sp³-hybridized carbons (Fsp3) is 0.267. The fourth-order valence-electron chi connectivity index (χ4n) is 1.85. The maximum atomic E-state index is 6.47. The van der Waals surface area contributed by atoms with E-state index >= 15 is 0 Å². The largest absolute Gasteiger partial charge is 0.497 e. The first-order chi connectivity index (χ1) is 9.22. The van der Waals surface area contributed by atoms with E-state index in [-0.39, 0.29) is 5.38 Å². The van der Waals surface area contributed by atoms with Gasteiger partial charge < -0.3 is 9.47 Å². The van der Waals surface area contributed by atoms with Gasteiger partial charge in [0.2, 0.25) is 0 Å². The molecule has 0 amide bonds. The van der Waals surface area contributed by atoms with E-state index in [4.69, 9.17) is 21.1 Å². The zero-order valence-corrected chi connectivity index (χ0v) is 11.7. The lowest BCUT2D eigenvalue weighted by atomic mass is 10.0. The number of benzene rings is 1. The highest BCUT2D eigenvalue weighted by molar-refractivity contribution is 6.21. The van der Waals surface area contributed by atoms with Crippen molar-refractivity contribution in [2.45, 2.75) is 11.8 Å². The van der Waals surface area contributed by atoms with Gasteiger partial charge in [-0.2, -0.15) is 0 Å². The molecule has 0 aliphatic carbocycles. The highest BCUT2D eigenvalue weighted by Gasteiger charge is 2.12. The summed E-state index contributed by atoms with van der Waals surface area (Å²) in [6.45, 7) is 0. The van der Waals surface area contributed by atoms with E-state index in [0.29, 0.717) is 0 Å². The number of alkyl halides is 1. The summed E-state index contributed by atoms with van der Waals surface area (Å²) in [6, 6.07) is 9.63. The summed E-state index contributed by atoms with van der Waals surface area (Å²) < 4.78 is 10.5. The van der Waals surface area contributed by atoms with Crippen LogP contribution in [0.2, 0.25) is 0 Å². The Morgan fingerprint density at radius 3 is 2.16 bits per heavy atom. The van der Waals surface area contributed by atoms with Crippen molar-refractivity contribution < 1.29 is 9.47 Å². The minimum absolute atomic E-state index is 0.133. The van der Waals surface area contributed by atoms with Gasteiger partial charge in [0.25, 0.3) is 0 Å². The van der Waals surface area contributed by atoms with Crippen LogP contribution in [0.3, 0.4) is 0 Å². The van der Waals surface area contributed by atoms with Crippen molar-refractivity contribution in [2.75, 3.05) is 14.2 Å². The fourth-order valence-corrected chi connectivity index (χ4v) is 2.16. The molecule has 0 bridgehead atoms. The highest BCUT2D eigenvalue weighted by Crippen LogP contribution is 2.31. The maximum Gasteiger partial charge on any atom is 0.122 e. The molecule has 1 atom stereocenters. The molecule has 0 spiro atoms. The van der Waals surface area contributed by atoms with Crippen molar-refractivity contribution >= 4 is 11.6 Å². The molecule has 0 aliphatic rings. The second kappa shape index (κ2) is 6.43. The number of aromatic nitrogens is 1. The third kappa shape index (κ3) is 3.61. The Morgan fingerprint density at radius 1 is 1.05 bits per heavy atom. The van der Waals surface area contributed by atoms with Crippen LogP contribution < -0.4 is 9.47 Å². The van der Waals surface area contributed by atoms with E-state index in [9.17, 15) is 0 Å². The van der Waals surface area contributed by atoms with Crippen LogP contribution in [0.4, 0.5) is 0 Å². The Hall–Kier alpha value is -1.74. The number of methoxy groups -OCH3 is 2. The molecule has 1 aromatic heterocycles. The van der Waals surface area contributed by atoms with Crippen LogP contribution in [0, 0.1) is 0 Å². The third-order valence-electron chi connectivity index (χ3n) is 2.90. The third-order valence-corrected chi connectivity index (χ3v) is 3.31. The zero-order chi connectivity index (χ0) is 13.7. The van der Waals surface area contributed by atoms with Crippen LogP contribution in [0.15, 0.2) is 42.7 Å². The summed E-state index contributed by atoms with van der Waals surface area (Å²) in [6.07, 6.45) is 4.27. The Bertz CT molecular complexity index is 509. The number of nitrogens with zero attached hydrogens (tertiary/aromatic N) is 1. The van der Waals surface area contributed by atoms with Crippen molar-refractivity contribution in [1.82, 2.24) is 4.98 Å². The summed E-state index contributed by atoms with van der Waals surface area (Å²) in [5.74, 6) is 1.49. The molecule has 0 aliphatic heterocycles. The smallest absolute Gasteiger partial charge is 0.122 e. The molecule has 1 heterocycles. The molecule has 1 unspecified atom stereocenters. The number of ether oxygens (including phenoxy) is 2. The monoisotopic (exact) mass is 277 g/mol. The molecule has 4 heteroatoms. The predicted octanol–water partition coefficient (Wildman–Crippen LogP) is 3.62. The summed E-state index contributed by atoms with van der Waals surface area (Å²) >= 11 is 6.47. The van der Waals surface area contributed by atoms with Crippen molar-refractivity contribution in [1.29, 1.82) is 0 Å². The molecule has 100 valence electrons. The van der Waals surface area contributed by atoms with Gasteiger partial charge >= 0.3 is 0 Å². The van der Waals surface area contributed by atoms with Crippen molar-refractivity contribution in [2.24, 2.45) is 0 Å². The van der Waals surface area contributed by atoms with Crippen LogP contribution in [-0.4, -0.2) is 19.2 Å². The molecule has 0 fully saturated rings. The molecular formula is C15H16ClNO2. The lowest BCUT2D eigenvalue weighted by molar-refractivity contribution is 0.393. The number of hydrogen-bond acceptors (Lipinski definition) is 3. The maximum absolute atomic E-state index is 6.47. The van der Waals surface area contributed by atoms with Gasteiger partial charge in [0.15, 0.2) is 0 Å². The van der Waals surface area contributed by atoms with Crippen molar-refractivity contribution in [3.05, 3.63) is 53.9 Å². The average molecular weight is 278 g/mol. The molecule has 0 N–H and O–H groups in total. The summed E-state index contributed by atoms with van der Waals surface area (Å²) in [5, 5.41) is -0.133. The van der Waals surface area contributed by atoms with Gasteiger partial charge in [-0.3, -0.25) is 4.98 Å². The molecule has 3 nitrogen and oxygen atoms in total. The Labute approximate surface area is 118 Å². The molecule has 1 aromatic carbocycles. The Balaban J connectivity index is 2.20. The van der Waals surface area contributed by atoms with Gasteiger partial charge in [-0.25, -0.2) is 0 Å². The van der Waals surface area contributed by atoms with E-state index in [1.807, 2.05) is 30.3 Å². The Morgan fingerprint density at radius 2 is 1.63 bits per heavy atom. The second-order valence-electron chi connectivity index (χ2n) is 4.17. The lowest BCUT2D eigenvalue weighted by Crippen LogP contribution is -1.98. The van der Waals surface area contributed by atoms with E-state index in [2.05, 4.69) is 4.98 Å². The van der Waals surface area contributed by atoms with E-state index in [1.165, 1.54) is 0 Å². The molecule has 0 radical (unpaired) electrons. The van der Waals surface area contributed by atoms with E-state index in [1.54, 1.807) is 26.6 Å². The average Bonchev–Trinajstić information content (AvgIpc) is 2.47. The SMILES string of the molecule is COc1cc(OC)cc(C(Cl)Cc2ccncc2)c1. The van der Waals surface area contributed by atoms with Gasteiger partial charge in [-0.1, -0.05) is 0 Å². The first kappa shape index (κ1) is 13.7. The molecule has 2 aromatic rings. The Kier molecular flexibility index (Phi) is 4.63. The minimum Gasteiger partial charge on any atom is -0.497 e. The predicted molar refractivity (Wildman–Crippen MR) is 76.1 cm³/mol. The minimum atomic E-state index is -0.133. The van der Waals surface area contributed by atoms with Crippen LogP contribution in [0.5, 0.6) is 11.5 Å². The number of rotatable bonds is 5. The van der Waals surface area contributed by atoms with Crippen molar-refractivity contribution in [3.8, 4) is 11.5 Å². The quantitative estimate of drug-likeness (QED) is 0.782. The van der Waals surface area contributed by atoms with Gasteiger partial charge in [-0.15, -0.1) is 11.6 Å². The number of halogens is 1. The molecule has 2 rings (SSSR count). The van der Waals surface area contributed by atoms with Crippen LogP contribution in [0.1, 0.15) is 16.5 Å². The molecule has 0 saturated heterocycles. The standard InChI is InChI=1S/C15H16ClNO2/c1-18-13-8-12(9-14(10-13)19-2)15(16)7-11-3-5-17-6-4-11/h3-6,8-10,15H,7H2,1-2H3. The first-order valence-corrected chi connectivity index (χ1v) is 6.42. The van der Waals surface area contributed by atoms with Gasteiger partial charge in [-0.05, 0) is 41.8 Å². The van der Waals surface area contributed by atoms with Gasteiger partial charge in [0, 0.05) is 18.5 Å². The summed E-state index contributed by atoms with van der Waals surface area (Å²) in [4.78, 5) is 4.00. The van der Waals surface area contributed by atoms with Gasteiger partial charge in [0.1, 0.15) is 11.5 Å². The number of hydrogen-bond donors (Lipinski definition) is 0. The van der Waals surface area contributed by atoms with Crippen molar-refractivity contribution in [3.63, 3.8) is 0 Å². The molecule has 19 heavy (non-hydrogen) atoms. The van der Waals surface area contributed by atoms with Crippen LogP contribution in [0.25, 0.3) is 0 Å². The second-order valence-corrected chi connectivity index (χ2v) is 4.70. The zero-order valence-electron chi connectivity index (χ0n) is 11.0. The summed E-state index contributed by atoms with van der Waals surface area (Å²) in [5.41, 5.74) is 2.13. The van der Waals surface area contributed by atoms with E-state index < -0.39 is 0 Å². The summed E-state index contributed by atoms with van der Waals surface area (Å²) in [7, 11) is 3.26. The first-order valence-electron chi connectivity index (χ1n) is 5.99. The number of pyridine rings is 1. The lowest BCUT2D eigenvalue weighted by Gasteiger charge is -2.13.